The molecule has 1 unspecified atom stereocenters. The van der Waals surface area contributed by atoms with Crippen molar-refractivity contribution in [2.75, 3.05) is 80.5 Å². The summed E-state index contributed by atoms with van der Waals surface area (Å²) in [4.78, 5) is 176. The van der Waals surface area contributed by atoms with E-state index < -0.39 is 149 Å². The van der Waals surface area contributed by atoms with Crippen molar-refractivity contribution in [3.63, 3.8) is 0 Å². The van der Waals surface area contributed by atoms with Gasteiger partial charge in [0.25, 0.3) is 0 Å². The minimum absolute atomic E-state index is 0.000508. The second-order valence-electron chi connectivity index (χ2n) is 28.9. The lowest BCUT2D eigenvalue weighted by atomic mass is 9.91. The second kappa shape index (κ2) is 40.9. The molecule has 0 aromatic heterocycles. The number of thioether (sulfide) groups is 1. The van der Waals surface area contributed by atoms with Gasteiger partial charge in [-0.3, -0.25) is 58.1 Å². The van der Waals surface area contributed by atoms with Crippen LogP contribution in [0.5, 0.6) is 0 Å². The van der Waals surface area contributed by atoms with Gasteiger partial charge in [-0.1, -0.05) is 129 Å². The van der Waals surface area contributed by atoms with Crippen molar-refractivity contribution in [1.82, 2.24) is 60.5 Å². The van der Waals surface area contributed by atoms with Crippen molar-refractivity contribution in [2.24, 2.45) is 41.4 Å². The maximum Gasteiger partial charge on any atom is 0.247 e. The molecular formula is C70H128N12O12S. The first kappa shape index (κ1) is 87.4. The first-order valence-corrected chi connectivity index (χ1v) is 35.9. The number of allylic oxidation sites excluding steroid dienone is 2. The number of amides is 10. The van der Waals surface area contributed by atoms with Crippen molar-refractivity contribution >= 4 is 77.1 Å². The maximum atomic E-state index is 15.7. The molecule has 0 aliphatic carbocycles. The van der Waals surface area contributed by atoms with E-state index in [4.69, 9.17) is 0 Å². The van der Waals surface area contributed by atoms with Crippen LogP contribution >= 0.6 is 11.8 Å². The third-order valence-corrected chi connectivity index (χ3v) is 19.4. The molecule has 0 spiro atoms. The Hall–Kier alpha value is -5.66. The molecule has 1 rings (SSSR count). The van der Waals surface area contributed by atoms with Crippen molar-refractivity contribution in [3.8, 4) is 0 Å². The van der Waals surface area contributed by atoms with Gasteiger partial charge < -0.3 is 60.3 Å². The number of hydrogen-bond donors (Lipinski definition) is 5. The van der Waals surface area contributed by atoms with E-state index in [0.717, 1.165) is 18.0 Å². The summed E-state index contributed by atoms with van der Waals surface area (Å²) in [5.74, 6) is -8.66. The number of carbonyl (C=O) groups is 11. The monoisotopic (exact) mass is 1360 g/mol. The third-order valence-electron chi connectivity index (χ3n) is 18.4. The zero-order chi connectivity index (χ0) is 73.4. The standard InChI is InChI=1S/C70H128N12O12S/c1-27-31-33-48(17)59(84)58-62(87)73-51(32-28-2)64(89)78(23)55(40-95-35-34-82(29-3)30-4)67(92)81(26)70(41-83,39-45(11)12)74-56(46(13)14)68(93)75(20)52(36-42(5)6)61(86)71-49(18)60(85)72-50(19)63(88)76(21)53(37-43(7)8)65(90)77(22)54(38-44(9)10)66(91)79(24)57(47(15)16)69(94)80(58)25/h27,31,41-59,74,84H,28-30,32-40H2,1-26H3,(H,71,86)(H,72,85)(H,73,87)/b31-27+/t48-,49-,50+,51+,52-,53-,54-,55-,56-,57-,58+,59-,70?/m1/s1. The van der Waals surface area contributed by atoms with Crippen molar-refractivity contribution < 1.29 is 57.8 Å². The highest BCUT2D eigenvalue weighted by Crippen LogP contribution is 2.29. The van der Waals surface area contributed by atoms with Gasteiger partial charge in [0.1, 0.15) is 54.4 Å². The molecule has 0 radical (unpaired) electrons. The van der Waals surface area contributed by atoms with Crippen LogP contribution in [0.2, 0.25) is 0 Å². The second-order valence-corrected chi connectivity index (χ2v) is 30.0. The van der Waals surface area contributed by atoms with Gasteiger partial charge in [0, 0.05) is 67.4 Å². The first-order valence-electron chi connectivity index (χ1n) is 34.7. The molecule has 546 valence electrons. The van der Waals surface area contributed by atoms with E-state index in [-0.39, 0.29) is 61.5 Å². The summed E-state index contributed by atoms with van der Waals surface area (Å²) in [5, 5.41) is 24.1. The molecule has 10 amide bonds. The number of aliphatic hydroxyl groups is 1. The van der Waals surface area contributed by atoms with E-state index >= 15 is 33.6 Å². The average molecular weight is 1360 g/mol. The molecule has 5 N–H and O–H groups in total. The largest absolute Gasteiger partial charge is 0.390 e. The molecule has 1 saturated heterocycles. The van der Waals surface area contributed by atoms with Crippen LogP contribution in [0.15, 0.2) is 12.2 Å². The molecular weight excluding hydrogens is 1230 g/mol. The summed E-state index contributed by atoms with van der Waals surface area (Å²) in [7, 11) is 10.1. The lowest BCUT2D eigenvalue weighted by Gasteiger charge is -2.45. The van der Waals surface area contributed by atoms with Crippen LogP contribution in [-0.2, 0) is 52.7 Å². The van der Waals surface area contributed by atoms with E-state index in [1.54, 1.807) is 40.7 Å². The van der Waals surface area contributed by atoms with Gasteiger partial charge in [-0.2, -0.15) is 11.8 Å². The molecule has 0 saturated carbocycles. The molecule has 1 heterocycles. The van der Waals surface area contributed by atoms with E-state index in [0.29, 0.717) is 31.4 Å². The van der Waals surface area contributed by atoms with Crippen LogP contribution in [0.3, 0.4) is 0 Å². The predicted octanol–water partition coefficient (Wildman–Crippen LogP) is 5.10. The topological polar surface area (TPSA) is 282 Å². The summed E-state index contributed by atoms with van der Waals surface area (Å²) in [6, 6.07) is -12.7. The number of likely N-dealkylation sites (N-methyl/N-ethyl adjacent to an activating group) is 7. The number of aliphatic hydroxyl groups excluding tert-OH is 1. The third kappa shape index (κ3) is 24.7. The molecule has 24 nitrogen and oxygen atoms in total. The average Bonchev–Trinajstić information content (AvgIpc) is 0.794. The van der Waals surface area contributed by atoms with Crippen molar-refractivity contribution in [2.45, 2.75) is 249 Å². The van der Waals surface area contributed by atoms with Crippen LogP contribution in [0, 0.1) is 41.4 Å². The number of hydrogen-bond acceptors (Lipinski definition) is 15. The highest BCUT2D eigenvalue weighted by molar-refractivity contribution is 7.99. The quantitative estimate of drug-likeness (QED) is 0.0478. The fraction of sp³-hybridized carbons (Fsp3) is 0.814. The Kier molecular flexibility index (Phi) is 37.6. The maximum absolute atomic E-state index is 15.7. The number of nitrogens with one attached hydrogen (secondary N) is 4. The summed E-state index contributed by atoms with van der Waals surface area (Å²) in [5.41, 5.74) is -1.89. The molecule has 25 heteroatoms. The van der Waals surface area contributed by atoms with Crippen molar-refractivity contribution in [3.05, 3.63) is 12.2 Å². The summed E-state index contributed by atoms with van der Waals surface area (Å²) < 4.78 is 0. The zero-order valence-corrected chi connectivity index (χ0v) is 63.9. The molecule has 13 atom stereocenters. The van der Waals surface area contributed by atoms with Gasteiger partial charge >= 0.3 is 0 Å². The number of carbonyl (C=O) groups excluding carboxylic acids is 11. The normalized spacial score (nSPS) is 26.9. The number of aldehydes is 1. The van der Waals surface area contributed by atoms with E-state index in [1.165, 1.54) is 104 Å². The SMILES string of the molecule is C/C=C/C[C@@H](C)[C@@H](O)[C@H]1C(=O)N[C@@H](CCC)C(=O)N(C)[C@H](CSCCN(CC)CC)C(=O)N(C)C(C=O)(CC(C)C)N[C@H](C(C)C)C(=O)N(C)[C@H](CC(C)C)C(=O)N[C@H](C)C(=O)N[C@@H](C)C(=O)N(C)[C@H](CC(C)C)C(=O)N(C)[C@H](CC(C)C)C(=O)N(C)[C@H](C(C)C)C(=O)N1C. The smallest absolute Gasteiger partial charge is 0.247 e. The van der Waals surface area contributed by atoms with E-state index in [9.17, 15) is 24.3 Å². The Bertz CT molecular complexity index is 2550. The van der Waals surface area contributed by atoms with Gasteiger partial charge in [-0.25, -0.2) is 0 Å². The van der Waals surface area contributed by atoms with Crippen LogP contribution in [-0.4, -0.2) is 262 Å². The Morgan fingerprint density at radius 2 is 1.01 bits per heavy atom. The fourth-order valence-electron chi connectivity index (χ4n) is 12.4. The van der Waals surface area contributed by atoms with E-state index in [2.05, 4.69) is 26.2 Å². The summed E-state index contributed by atoms with van der Waals surface area (Å²) in [6.07, 6.45) is 3.85. The van der Waals surface area contributed by atoms with Gasteiger partial charge in [0.2, 0.25) is 59.1 Å². The van der Waals surface area contributed by atoms with E-state index in [1.807, 2.05) is 89.2 Å². The molecule has 1 fully saturated rings. The number of nitrogens with zero attached hydrogens (tertiary/aromatic N) is 8. The fourth-order valence-corrected chi connectivity index (χ4v) is 13.5. The molecule has 95 heavy (non-hydrogen) atoms. The molecule has 1 aliphatic rings. The van der Waals surface area contributed by atoms with Crippen LogP contribution < -0.4 is 21.3 Å². The molecule has 1 aliphatic heterocycles. The lowest BCUT2D eigenvalue weighted by Crippen LogP contribution is -2.70. The van der Waals surface area contributed by atoms with Gasteiger partial charge in [0.05, 0.1) is 12.1 Å². The Morgan fingerprint density at radius 3 is 1.47 bits per heavy atom. The summed E-state index contributed by atoms with van der Waals surface area (Å²) in [6.45, 7) is 36.6. The molecule has 0 aromatic carbocycles. The van der Waals surface area contributed by atoms with Gasteiger partial charge in [0.15, 0.2) is 11.9 Å². The lowest BCUT2D eigenvalue weighted by molar-refractivity contribution is -0.157. The molecule has 0 bridgehead atoms. The Labute approximate surface area is 575 Å². The van der Waals surface area contributed by atoms with Crippen LogP contribution in [0.1, 0.15) is 176 Å². The minimum Gasteiger partial charge on any atom is -0.390 e. The minimum atomic E-state index is -1.89. The Balaban J connectivity index is 4.69. The van der Waals surface area contributed by atoms with Crippen LogP contribution in [0.25, 0.3) is 0 Å². The van der Waals surface area contributed by atoms with Crippen molar-refractivity contribution in [1.29, 1.82) is 0 Å². The summed E-state index contributed by atoms with van der Waals surface area (Å²) >= 11 is 1.43. The highest BCUT2D eigenvalue weighted by Gasteiger charge is 2.49. The zero-order valence-electron chi connectivity index (χ0n) is 63.0. The highest BCUT2D eigenvalue weighted by atomic mass is 32.2. The van der Waals surface area contributed by atoms with Crippen LogP contribution in [0.4, 0.5) is 0 Å². The first-order chi connectivity index (χ1) is 44.1. The van der Waals surface area contributed by atoms with Gasteiger partial charge in [-0.15, -0.1) is 0 Å². The van der Waals surface area contributed by atoms with Gasteiger partial charge in [-0.05, 0) is 114 Å². The predicted molar refractivity (Wildman–Crippen MR) is 377 cm³/mol. The Morgan fingerprint density at radius 1 is 0.537 bits per heavy atom. The number of rotatable bonds is 24. The molecule has 0 aromatic rings.